The molecule has 7 heteroatoms. The van der Waals surface area contributed by atoms with Gasteiger partial charge in [-0.05, 0) is 49.1 Å². The lowest BCUT2D eigenvalue weighted by Gasteiger charge is -2.05. The van der Waals surface area contributed by atoms with E-state index >= 15 is 0 Å². The first-order chi connectivity index (χ1) is 11.6. The van der Waals surface area contributed by atoms with Gasteiger partial charge in [-0.1, -0.05) is 17.4 Å². The molecule has 1 amide bonds. The van der Waals surface area contributed by atoms with E-state index in [-0.39, 0.29) is 5.91 Å². The van der Waals surface area contributed by atoms with Crippen molar-refractivity contribution in [3.05, 3.63) is 47.5 Å². The Hall–Kier alpha value is -2.25. The third-order valence-electron chi connectivity index (χ3n) is 3.56. The van der Waals surface area contributed by atoms with Crippen LogP contribution < -0.4 is 15.6 Å². The van der Waals surface area contributed by atoms with Crippen LogP contribution in [0.5, 0.6) is 5.75 Å². The van der Waals surface area contributed by atoms with Crippen molar-refractivity contribution in [2.75, 3.05) is 18.8 Å². The summed E-state index contributed by atoms with van der Waals surface area (Å²) in [5, 5.41) is 0.617. The number of hydrogen-bond donors (Lipinski definition) is 2. The molecule has 24 heavy (non-hydrogen) atoms. The first kappa shape index (κ1) is 16.6. The van der Waals surface area contributed by atoms with Crippen LogP contribution in [-0.4, -0.2) is 24.3 Å². The van der Waals surface area contributed by atoms with Crippen LogP contribution in [0.1, 0.15) is 15.9 Å². The quantitative estimate of drug-likeness (QED) is 0.531. The van der Waals surface area contributed by atoms with E-state index in [4.69, 9.17) is 4.74 Å². The fourth-order valence-electron chi connectivity index (χ4n) is 2.25. The van der Waals surface area contributed by atoms with Gasteiger partial charge in [-0.2, -0.15) is 0 Å². The summed E-state index contributed by atoms with van der Waals surface area (Å²) >= 11 is 3.12. The van der Waals surface area contributed by atoms with Gasteiger partial charge in [0.25, 0.3) is 5.91 Å². The minimum atomic E-state index is -0.203. The molecular formula is C17H17N3O2S2. The van der Waals surface area contributed by atoms with Crippen molar-refractivity contribution < 1.29 is 9.53 Å². The van der Waals surface area contributed by atoms with Crippen LogP contribution in [0.15, 0.2) is 41.3 Å². The van der Waals surface area contributed by atoms with Gasteiger partial charge in [0.1, 0.15) is 11.3 Å². The molecule has 1 heterocycles. The van der Waals surface area contributed by atoms with E-state index in [0.29, 0.717) is 10.7 Å². The summed E-state index contributed by atoms with van der Waals surface area (Å²) in [5.74, 6) is 0.518. The number of anilines is 1. The molecular weight excluding hydrogens is 342 g/mol. The number of ether oxygens (including phenoxy) is 1. The molecule has 5 nitrogen and oxygen atoms in total. The number of methoxy groups -OCH3 is 1. The standard InChI is InChI=1S/C17H17N3O2S2/c1-10-4-9-13(22-2)14-15(10)24-17(18-14)20-19-16(21)11-5-7-12(23-3)8-6-11/h4-9H,1-3H3,(H,18,20)(H,19,21). The van der Waals surface area contributed by atoms with Crippen molar-refractivity contribution in [2.45, 2.75) is 11.8 Å². The molecule has 0 unspecified atom stereocenters. The average Bonchev–Trinajstić information content (AvgIpc) is 3.05. The molecule has 2 aromatic carbocycles. The van der Waals surface area contributed by atoms with Crippen molar-refractivity contribution in [1.82, 2.24) is 10.4 Å². The summed E-state index contributed by atoms with van der Waals surface area (Å²) in [5.41, 5.74) is 8.08. The molecule has 0 bridgehead atoms. The van der Waals surface area contributed by atoms with Crippen molar-refractivity contribution >= 4 is 44.4 Å². The molecule has 0 spiro atoms. The van der Waals surface area contributed by atoms with E-state index in [9.17, 15) is 4.79 Å². The number of carbonyl (C=O) groups excluding carboxylic acids is 1. The van der Waals surface area contributed by atoms with E-state index in [1.807, 2.05) is 37.4 Å². The highest BCUT2D eigenvalue weighted by molar-refractivity contribution is 7.98. The Kier molecular flexibility index (Phi) is 4.92. The number of benzene rings is 2. The van der Waals surface area contributed by atoms with Crippen molar-refractivity contribution in [1.29, 1.82) is 0 Å². The topological polar surface area (TPSA) is 63.2 Å². The number of nitrogens with one attached hydrogen (secondary N) is 2. The molecule has 0 aliphatic carbocycles. The molecule has 3 rings (SSSR count). The molecule has 0 saturated heterocycles. The number of aryl methyl sites for hydroxylation is 1. The number of thiazole rings is 1. The lowest BCUT2D eigenvalue weighted by molar-refractivity contribution is 0.0962. The predicted molar refractivity (Wildman–Crippen MR) is 100 cm³/mol. The number of nitrogens with zero attached hydrogens (tertiary/aromatic N) is 1. The molecule has 0 aliphatic heterocycles. The zero-order valence-corrected chi connectivity index (χ0v) is 15.2. The third kappa shape index (κ3) is 3.32. The number of rotatable bonds is 5. The molecule has 1 aromatic heterocycles. The smallest absolute Gasteiger partial charge is 0.269 e. The maximum Gasteiger partial charge on any atom is 0.269 e. The van der Waals surface area contributed by atoms with Gasteiger partial charge < -0.3 is 4.74 Å². The molecule has 0 atom stereocenters. The highest BCUT2D eigenvalue weighted by atomic mass is 32.2. The average molecular weight is 359 g/mol. The monoisotopic (exact) mass is 359 g/mol. The van der Waals surface area contributed by atoms with Gasteiger partial charge in [-0.3, -0.25) is 15.6 Å². The Morgan fingerprint density at radius 2 is 1.96 bits per heavy atom. The Morgan fingerprint density at radius 1 is 1.21 bits per heavy atom. The number of thioether (sulfide) groups is 1. The highest BCUT2D eigenvalue weighted by Crippen LogP contribution is 2.34. The number of amides is 1. The molecule has 0 aliphatic rings. The zero-order chi connectivity index (χ0) is 17.1. The second-order valence-corrected chi connectivity index (χ2v) is 6.97. The zero-order valence-electron chi connectivity index (χ0n) is 13.5. The van der Waals surface area contributed by atoms with Crippen LogP contribution in [0.25, 0.3) is 10.2 Å². The molecule has 2 N–H and O–H groups in total. The summed E-state index contributed by atoms with van der Waals surface area (Å²) in [6.45, 7) is 2.02. The van der Waals surface area contributed by atoms with Crippen molar-refractivity contribution in [3.63, 3.8) is 0 Å². The number of hydrogen-bond acceptors (Lipinski definition) is 6. The van der Waals surface area contributed by atoms with Crippen LogP contribution in [0, 0.1) is 6.92 Å². The molecule has 0 saturated carbocycles. The SMILES string of the molecule is COc1ccc(C)c2sc(NNC(=O)c3ccc(SC)cc3)nc12. The van der Waals surface area contributed by atoms with Gasteiger partial charge in [0, 0.05) is 10.5 Å². The Labute approximate surface area is 148 Å². The maximum atomic E-state index is 12.2. The fraction of sp³-hybridized carbons (Fsp3) is 0.176. The number of fused-ring (bicyclic) bond motifs is 1. The summed E-state index contributed by atoms with van der Waals surface area (Å²) in [7, 11) is 1.62. The van der Waals surface area contributed by atoms with E-state index < -0.39 is 0 Å². The van der Waals surface area contributed by atoms with Crippen molar-refractivity contribution in [2.24, 2.45) is 0 Å². The van der Waals surface area contributed by atoms with Crippen LogP contribution in [0.3, 0.4) is 0 Å². The number of hydrazine groups is 1. The molecule has 0 radical (unpaired) electrons. The van der Waals surface area contributed by atoms with Gasteiger partial charge in [-0.25, -0.2) is 4.98 Å². The van der Waals surface area contributed by atoms with Crippen LogP contribution in [0.4, 0.5) is 5.13 Å². The second kappa shape index (κ2) is 7.11. The Bertz CT molecular complexity index is 875. The summed E-state index contributed by atoms with van der Waals surface area (Å²) < 4.78 is 6.38. The third-order valence-corrected chi connectivity index (χ3v) is 5.41. The van der Waals surface area contributed by atoms with Crippen LogP contribution >= 0.6 is 23.1 Å². The first-order valence-corrected chi connectivity index (χ1v) is 9.31. The van der Waals surface area contributed by atoms with Crippen LogP contribution in [-0.2, 0) is 0 Å². The fourth-order valence-corrected chi connectivity index (χ4v) is 3.57. The van der Waals surface area contributed by atoms with E-state index in [1.54, 1.807) is 31.0 Å². The number of carbonyl (C=O) groups is 1. The van der Waals surface area contributed by atoms with Crippen molar-refractivity contribution in [3.8, 4) is 5.75 Å². The summed E-state index contributed by atoms with van der Waals surface area (Å²) in [4.78, 5) is 17.8. The van der Waals surface area contributed by atoms with E-state index in [2.05, 4.69) is 15.8 Å². The lowest BCUT2D eigenvalue weighted by Crippen LogP contribution is -2.29. The number of aromatic nitrogens is 1. The summed E-state index contributed by atoms with van der Waals surface area (Å²) in [6.07, 6.45) is 2.00. The highest BCUT2D eigenvalue weighted by Gasteiger charge is 2.12. The predicted octanol–water partition coefficient (Wildman–Crippen LogP) is 4.09. The van der Waals surface area contributed by atoms with Gasteiger partial charge >= 0.3 is 0 Å². The second-order valence-electron chi connectivity index (χ2n) is 5.09. The Balaban J connectivity index is 1.75. The molecule has 0 fully saturated rings. The largest absolute Gasteiger partial charge is 0.494 e. The lowest BCUT2D eigenvalue weighted by atomic mass is 10.2. The first-order valence-electron chi connectivity index (χ1n) is 7.27. The van der Waals surface area contributed by atoms with Gasteiger partial charge in [0.2, 0.25) is 5.13 Å². The summed E-state index contributed by atoms with van der Waals surface area (Å²) in [6, 6.07) is 11.3. The molecule has 124 valence electrons. The normalized spacial score (nSPS) is 10.6. The minimum Gasteiger partial charge on any atom is -0.494 e. The Morgan fingerprint density at radius 3 is 2.62 bits per heavy atom. The molecule has 3 aromatic rings. The van der Waals surface area contributed by atoms with Gasteiger partial charge in [-0.15, -0.1) is 11.8 Å². The van der Waals surface area contributed by atoms with E-state index in [0.717, 1.165) is 26.4 Å². The van der Waals surface area contributed by atoms with E-state index in [1.165, 1.54) is 11.3 Å². The van der Waals surface area contributed by atoms with Gasteiger partial charge in [0.05, 0.1) is 11.8 Å². The van der Waals surface area contributed by atoms with Crippen LogP contribution in [0.2, 0.25) is 0 Å². The van der Waals surface area contributed by atoms with Gasteiger partial charge in [0.15, 0.2) is 0 Å². The maximum absolute atomic E-state index is 12.2. The minimum absolute atomic E-state index is 0.203.